The lowest BCUT2D eigenvalue weighted by Crippen LogP contribution is -2.42. The summed E-state index contributed by atoms with van der Waals surface area (Å²) >= 11 is 0. The second kappa shape index (κ2) is 9.42. The molecule has 4 nitrogen and oxygen atoms in total. The Morgan fingerprint density at radius 3 is 1.85 bits per heavy atom. The van der Waals surface area contributed by atoms with Gasteiger partial charge < -0.3 is 14.6 Å². The highest BCUT2D eigenvalue weighted by Crippen LogP contribution is 2.43. The molecule has 2 aromatic carbocycles. The van der Waals surface area contributed by atoms with Gasteiger partial charge in [0.2, 0.25) is 0 Å². The fourth-order valence-electron chi connectivity index (χ4n) is 4.70. The zero-order chi connectivity index (χ0) is 25.3. The molecule has 0 unspecified atom stereocenters. The Bertz CT molecular complexity index is 1070. The topological polar surface area (TPSA) is 55.8 Å². The summed E-state index contributed by atoms with van der Waals surface area (Å²) in [6.45, 7) is 15.9. The number of esters is 1. The lowest BCUT2D eigenvalue weighted by Gasteiger charge is -2.43. The maximum atomic E-state index is 12.3. The third-order valence-electron chi connectivity index (χ3n) is 5.64. The van der Waals surface area contributed by atoms with Gasteiger partial charge in [-0.3, -0.25) is 0 Å². The SMILES string of the molecule is CC(=Cc1ccc(C(=C2CC(C)(C)OC(C)(C)C2)c2ccc(O)cc2)cc1)C(=O)OC(C)(C)C. The maximum absolute atomic E-state index is 12.3. The summed E-state index contributed by atoms with van der Waals surface area (Å²) in [6, 6.07) is 15.6. The van der Waals surface area contributed by atoms with Crippen LogP contribution in [-0.2, 0) is 14.3 Å². The van der Waals surface area contributed by atoms with Crippen molar-refractivity contribution < 1.29 is 19.4 Å². The molecule has 1 N–H and O–H groups in total. The number of phenolic OH excluding ortho intramolecular Hbond substituents is 1. The summed E-state index contributed by atoms with van der Waals surface area (Å²) in [5.41, 5.74) is 5.10. The van der Waals surface area contributed by atoms with E-state index in [9.17, 15) is 9.90 Å². The molecule has 0 bridgehead atoms. The summed E-state index contributed by atoms with van der Waals surface area (Å²) in [7, 11) is 0. The molecule has 1 fully saturated rings. The molecule has 1 heterocycles. The number of rotatable bonds is 4. The van der Waals surface area contributed by atoms with Crippen molar-refractivity contribution >= 4 is 17.6 Å². The summed E-state index contributed by atoms with van der Waals surface area (Å²) in [5.74, 6) is -0.0611. The minimum Gasteiger partial charge on any atom is -0.508 e. The number of ether oxygens (including phenoxy) is 2. The zero-order valence-electron chi connectivity index (χ0n) is 21.8. The van der Waals surface area contributed by atoms with Crippen molar-refractivity contribution in [3.05, 3.63) is 76.4 Å². The number of aromatic hydroxyl groups is 1. The van der Waals surface area contributed by atoms with Gasteiger partial charge in [0.15, 0.2) is 0 Å². The zero-order valence-corrected chi connectivity index (χ0v) is 21.8. The first kappa shape index (κ1) is 25.8. The van der Waals surface area contributed by atoms with Gasteiger partial charge in [0, 0.05) is 5.57 Å². The van der Waals surface area contributed by atoms with Crippen molar-refractivity contribution in [2.75, 3.05) is 0 Å². The second-order valence-corrected chi connectivity index (χ2v) is 11.5. The number of hydrogen-bond donors (Lipinski definition) is 1. The Kier molecular flexibility index (Phi) is 7.14. The molecule has 0 radical (unpaired) electrons. The van der Waals surface area contributed by atoms with E-state index in [1.165, 1.54) is 11.1 Å². The van der Waals surface area contributed by atoms with Crippen LogP contribution in [0.4, 0.5) is 0 Å². The number of carbonyl (C=O) groups excluding carboxylic acids is 1. The Morgan fingerprint density at radius 1 is 0.912 bits per heavy atom. The largest absolute Gasteiger partial charge is 0.508 e. The van der Waals surface area contributed by atoms with Gasteiger partial charge in [0.1, 0.15) is 11.4 Å². The van der Waals surface area contributed by atoms with Gasteiger partial charge in [0.25, 0.3) is 0 Å². The van der Waals surface area contributed by atoms with E-state index in [4.69, 9.17) is 9.47 Å². The molecule has 3 rings (SSSR count). The highest BCUT2D eigenvalue weighted by molar-refractivity contribution is 5.93. The molecule has 0 saturated carbocycles. The molecule has 1 saturated heterocycles. The van der Waals surface area contributed by atoms with Crippen LogP contribution < -0.4 is 0 Å². The van der Waals surface area contributed by atoms with Crippen molar-refractivity contribution in [1.82, 2.24) is 0 Å². The van der Waals surface area contributed by atoms with Crippen LogP contribution in [-0.4, -0.2) is 27.9 Å². The van der Waals surface area contributed by atoms with Crippen molar-refractivity contribution in [2.45, 2.75) is 85.0 Å². The predicted octanol–water partition coefficient (Wildman–Crippen LogP) is 7.31. The molecule has 182 valence electrons. The molecule has 2 aromatic rings. The van der Waals surface area contributed by atoms with Crippen molar-refractivity contribution in [2.24, 2.45) is 0 Å². The van der Waals surface area contributed by atoms with Crippen LogP contribution in [0.3, 0.4) is 0 Å². The monoisotopic (exact) mass is 462 g/mol. The van der Waals surface area contributed by atoms with Crippen LogP contribution in [0.2, 0.25) is 0 Å². The maximum Gasteiger partial charge on any atom is 0.334 e. The molecule has 0 aliphatic carbocycles. The third kappa shape index (κ3) is 6.83. The quantitative estimate of drug-likeness (QED) is 0.382. The summed E-state index contributed by atoms with van der Waals surface area (Å²) in [5, 5.41) is 9.84. The van der Waals surface area contributed by atoms with Gasteiger partial charge in [-0.2, -0.15) is 0 Å². The molecule has 1 aliphatic rings. The highest BCUT2D eigenvalue weighted by Gasteiger charge is 2.37. The van der Waals surface area contributed by atoms with E-state index in [0.29, 0.717) is 5.57 Å². The first-order valence-electron chi connectivity index (χ1n) is 11.9. The highest BCUT2D eigenvalue weighted by atomic mass is 16.6. The number of benzene rings is 2. The van der Waals surface area contributed by atoms with E-state index in [2.05, 4.69) is 39.8 Å². The molecule has 0 amide bonds. The lowest BCUT2D eigenvalue weighted by atomic mass is 9.79. The lowest BCUT2D eigenvalue weighted by molar-refractivity contribution is -0.149. The van der Waals surface area contributed by atoms with Gasteiger partial charge in [-0.25, -0.2) is 4.79 Å². The van der Waals surface area contributed by atoms with E-state index in [-0.39, 0.29) is 22.9 Å². The van der Waals surface area contributed by atoms with E-state index in [1.54, 1.807) is 19.1 Å². The van der Waals surface area contributed by atoms with Crippen LogP contribution in [0, 0.1) is 0 Å². The van der Waals surface area contributed by atoms with Crippen molar-refractivity contribution in [3.63, 3.8) is 0 Å². The third-order valence-corrected chi connectivity index (χ3v) is 5.64. The smallest absolute Gasteiger partial charge is 0.334 e. The molecule has 0 aromatic heterocycles. The first-order valence-corrected chi connectivity index (χ1v) is 11.9. The van der Waals surface area contributed by atoms with E-state index in [0.717, 1.165) is 29.5 Å². The van der Waals surface area contributed by atoms with Gasteiger partial charge in [-0.15, -0.1) is 0 Å². The molecule has 0 spiro atoms. The summed E-state index contributed by atoms with van der Waals surface area (Å²) in [4.78, 5) is 12.3. The minimum absolute atomic E-state index is 0.249. The van der Waals surface area contributed by atoms with Crippen molar-refractivity contribution in [3.8, 4) is 5.75 Å². The average molecular weight is 463 g/mol. The van der Waals surface area contributed by atoms with Gasteiger partial charge in [-0.1, -0.05) is 42.0 Å². The van der Waals surface area contributed by atoms with Crippen molar-refractivity contribution in [1.29, 1.82) is 0 Å². The molecular weight excluding hydrogens is 424 g/mol. The number of hydrogen-bond acceptors (Lipinski definition) is 4. The van der Waals surface area contributed by atoms with Crippen LogP contribution in [0.15, 0.2) is 59.7 Å². The van der Waals surface area contributed by atoms with Crippen LogP contribution in [0.25, 0.3) is 11.6 Å². The van der Waals surface area contributed by atoms with E-state index in [1.807, 2.05) is 51.1 Å². The second-order valence-electron chi connectivity index (χ2n) is 11.5. The Morgan fingerprint density at radius 2 is 1.38 bits per heavy atom. The molecule has 0 atom stereocenters. The fraction of sp³-hybridized carbons (Fsp3) is 0.433. The summed E-state index contributed by atoms with van der Waals surface area (Å²) < 4.78 is 11.8. The van der Waals surface area contributed by atoms with Crippen LogP contribution in [0.5, 0.6) is 5.75 Å². The summed E-state index contributed by atoms with van der Waals surface area (Å²) in [6.07, 6.45) is 3.50. The Labute approximate surface area is 204 Å². The van der Waals surface area contributed by atoms with Gasteiger partial charge in [0.05, 0.1) is 11.2 Å². The number of carbonyl (C=O) groups is 1. The molecule has 1 aliphatic heterocycles. The first-order chi connectivity index (χ1) is 15.6. The standard InChI is InChI=1S/C30H38O4/c1-20(27(32)33-28(2,3)4)17-21-9-11-22(12-10-21)26(23-13-15-25(31)16-14-23)24-18-29(5,6)34-30(7,8)19-24/h9-17,31H,18-19H2,1-8H3. The fourth-order valence-corrected chi connectivity index (χ4v) is 4.70. The Balaban J connectivity index is 2.02. The number of phenols is 1. The molecule has 4 heteroatoms. The van der Waals surface area contributed by atoms with Gasteiger partial charge in [-0.05, 0) is 109 Å². The molecule has 34 heavy (non-hydrogen) atoms. The average Bonchev–Trinajstić information content (AvgIpc) is 2.67. The van der Waals surface area contributed by atoms with E-state index < -0.39 is 5.60 Å². The normalized spacial score (nSPS) is 17.9. The van der Waals surface area contributed by atoms with Gasteiger partial charge >= 0.3 is 5.97 Å². The van der Waals surface area contributed by atoms with Crippen LogP contribution in [0.1, 0.15) is 84.9 Å². The Hall–Kier alpha value is -2.85. The minimum atomic E-state index is -0.521. The van der Waals surface area contributed by atoms with Crippen LogP contribution >= 0.6 is 0 Å². The predicted molar refractivity (Wildman–Crippen MR) is 139 cm³/mol. The van der Waals surface area contributed by atoms with E-state index >= 15 is 0 Å². The molecular formula is C30H38O4.